The number of fused-ring (bicyclic) bond motifs is 3. The zero-order valence-corrected chi connectivity index (χ0v) is 28.1. The van der Waals surface area contributed by atoms with E-state index in [1.807, 2.05) is 66.9 Å². The van der Waals surface area contributed by atoms with Crippen molar-refractivity contribution in [3.63, 3.8) is 0 Å². The molecule has 0 spiro atoms. The zero-order chi connectivity index (χ0) is 34.1. The number of aromatic nitrogens is 2. The molecule has 1 aliphatic rings. The third-order valence-corrected chi connectivity index (χ3v) is 9.19. The van der Waals surface area contributed by atoms with E-state index in [0.717, 1.165) is 74.5 Å². The lowest BCUT2D eigenvalue weighted by atomic mass is 10.0. The smallest absolute Gasteiger partial charge is 0.130 e. The lowest BCUT2D eigenvalue weighted by Gasteiger charge is -2.19. The first-order chi connectivity index (χ1) is 25.1. The number of pyridine rings is 1. The fraction of sp³-hybridized carbons (Fsp3) is 0.0444. The van der Waals surface area contributed by atoms with Gasteiger partial charge in [0.25, 0.3) is 0 Å². The van der Waals surface area contributed by atoms with Crippen molar-refractivity contribution in [1.29, 1.82) is 0 Å². The normalized spacial score (nSPS) is 12.6. The van der Waals surface area contributed by atoms with Crippen LogP contribution in [0.15, 0.2) is 176 Å². The van der Waals surface area contributed by atoms with E-state index in [-0.39, 0.29) is 0 Å². The quantitative estimate of drug-likeness (QED) is 0.162. The minimum absolute atomic E-state index is 0.748. The molecule has 0 atom stereocenters. The van der Waals surface area contributed by atoms with Crippen LogP contribution in [0.4, 0.5) is 5.69 Å². The molecule has 1 aliphatic heterocycles. The van der Waals surface area contributed by atoms with E-state index < -0.39 is 0 Å². The van der Waals surface area contributed by atoms with Crippen molar-refractivity contribution in [3.8, 4) is 51.1 Å². The Morgan fingerprint density at radius 2 is 1.14 bits per heavy atom. The van der Waals surface area contributed by atoms with Gasteiger partial charge in [0.1, 0.15) is 23.0 Å². The van der Waals surface area contributed by atoms with Gasteiger partial charge < -0.3 is 23.8 Å². The number of rotatable bonds is 8. The summed E-state index contributed by atoms with van der Waals surface area (Å²) in [6.45, 7) is 0.808. The van der Waals surface area contributed by atoms with Gasteiger partial charge in [0, 0.05) is 59.8 Å². The maximum absolute atomic E-state index is 6.48. The van der Waals surface area contributed by atoms with Crippen LogP contribution >= 0.6 is 0 Å². The third-order valence-electron chi connectivity index (χ3n) is 9.19. The highest BCUT2D eigenvalue weighted by Gasteiger charge is 2.16. The number of para-hydroxylation sites is 3. The molecule has 6 nitrogen and oxygen atoms in total. The second-order valence-electron chi connectivity index (χ2n) is 12.7. The molecule has 8 aromatic rings. The highest BCUT2D eigenvalue weighted by Crippen LogP contribution is 2.37. The molecule has 3 heterocycles. The largest absolute Gasteiger partial charge is 0.457 e. The van der Waals surface area contributed by atoms with Gasteiger partial charge in [-0.1, -0.05) is 72.8 Å². The van der Waals surface area contributed by atoms with Crippen molar-refractivity contribution in [1.82, 2.24) is 14.5 Å². The summed E-state index contributed by atoms with van der Waals surface area (Å²) >= 11 is 0. The Morgan fingerprint density at radius 3 is 1.90 bits per heavy atom. The van der Waals surface area contributed by atoms with E-state index >= 15 is 0 Å². The molecule has 6 aromatic carbocycles. The molecule has 0 saturated heterocycles. The average Bonchev–Trinajstić information content (AvgIpc) is 3.77. The minimum atomic E-state index is 0.748. The topological polar surface area (TPSA) is 42.8 Å². The number of anilines is 1. The lowest BCUT2D eigenvalue weighted by molar-refractivity contribution is 0.481. The molecule has 0 bridgehead atoms. The fourth-order valence-electron chi connectivity index (χ4n) is 6.81. The number of hydrogen-bond donors (Lipinski definition) is 0. The SMILES string of the molecule is CN1C=CN(c2cccc(Oc3cccc(-c4cc(-c5cc(Oc6ccccc6)cc(-n6c7ccccc7c7ccccc76)c5)ccn4)c3)c2)C1. The number of nitrogens with zero attached hydrogens (tertiary/aromatic N) is 4. The van der Waals surface area contributed by atoms with Crippen molar-refractivity contribution >= 4 is 27.5 Å². The molecule has 51 heavy (non-hydrogen) atoms. The molecule has 9 rings (SSSR count). The van der Waals surface area contributed by atoms with E-state index in [0.29, 0.717) is 0 Å². The van der Waals surface area contributed by atoms with Gasteiger partial charge in [-0.15, -0.1) is 0 Å². The first-order valence-corrected chi connectivity index (χ1v) is 17.0. The lowest BCUT2D eigenvalue weighted by Crippen LogP contribution is -2.21. The molecule has 0 fully saturated rings. The van der Waals surface area contributed by atoms with Gasteiger partial charge in [-0.05, 0) is 83.9 Å². The summed E-state index contributed by atoms with van der Waals surface area (Å²) < 4.78 is 15.2. The van der Waals surface area contributed by atoms with Crippen LogP contribution < -0.4 is 14.4 Å². The summed E-state index contributed by atoms with van der Waals surface area (Å²) in [5, 5.41) is 2.43. The van der Waals surface area contributed by atoms with Gasteiger partial charge in [-0.2, -0.15) is 0 Å². The molecule has 246 valence electrons. The van der Waals surface area contributed by atoms with E-state index in [2.05, 4.69) is 131 Å². The Hall–Kier alpha value is -6.79. The minimum Gasteiger partial charge on any atom is -0.457 e. The van der Waals surface area contributed by atoms with Crippen LogP contribution in [0, 0.1) is 0 Å². The summed E-state index contributed by atoms with van der Waals surface area (Å²) in [6, 6.07) is 53.9. The molecule has 0 aliphatic carbocycles. The third kappa shape index (κ3) is 6.04. The van der Waals surface area contributed by atoms with Crippen molar-refractivity contribution in [2.45, 2.75) is 0 Å². The standard InChI is InChI=1S/C45H34N4O2/c1-47-23-24-48(31-47)35-12-10-16-39(29-35)51-38-15-9-11-33(26-38)43-28-32(21-22-46-43)34-25-36(30-40(27-34)50-37-13-3-2-4-14-37)49-44-19-7-5-17-41(44)42-18-6-8-20-45(42)49/h2-30H,31H2,1H3. The summed E-state index contributed by atoms with van der Waals surface area (Å²) in [7, 11) is 2.06. The Bertz CT molecular complexity index is 2500. The molecule has 0 amide bonds. The van der Waals surface area contributed by atoms with Gasteiger partial charge in [-0.25, -0.2) is 0 Å². The monoisotopic (exact) mass is 662 g/mol. The van der Waals surface area contributed by atoms with E-state index in [4.69, 9.17) is 14.5 Å². The predicted molar refractivity (Wildman–Crippen MR) is 207 cm³/mol. The molecule has 0 saturated carbocycles. The van der Waals surface area contributed by atoms with Gasteiger partial charge in [0.05, 0.1) is 29.1 Å². The maximum atomic E-state index is 6.48. The summed E-state index contributed by atoms with van der Waals surface area (Å²) in [6.07, 6.45) is 6.01. The van der Waals surface area contributed by atoms with Crippen LogP contribution in [-0.4, -0.2) is 28.2 Å². The maximum Gasteiger partial charge on any atom is 0.130 e. The molecule has 0 N–H and O–H groups in total. The van der Waals surface area contributed by atoms with E-state index in [1.165, 1.54) is 10.8 Å². The molecular weight excluding hydrogens is 629 g/mol. The first kappa shape index (κ1) is 30.3. The number of benzene rings is 6. The molecular formula is C45H34N4O2. The van der Waals surface area contributed by atoms with Gasteiger partial charge in [-0.3, -0.25) is 4.98 Å². The van der Waals surface area contributed by atoms with Crippen molar-refractivity contribution < 1.29 is 9.47 Å². The Morgan fingerprint density at radius 1 is 0.490 bits per heavy atom. The predicted octanol–water partition coefficient (Wildman–Crippen LogP) is 11.3. The van der Waals surface area contributed by atoms with Gasteiger partial charge in [0.2, 0.25) is 0 Å². The summed E-state index contributed by atoms with van der Waals surface area (Å²) in [4.78, 5) is 9.11. The number of ether oxygens (including phenoxy) is 2. The Balaban J connectivity index is 1.09. The van der Waals surface area contributed by atoms with Crippen LogP contribution in [0.1, 0.15) is 0 Å². The highest BCUT2D eigenvalue weighted by molar-refractivity contribution is 6.09. The Labute approximate surface area is 296 Å². The second kappa shape index (κ2) is 12.9. The van der Waals surface area contributed by atoms with E-state index in [9.17, 15) is 0 Å². The highest BCUT2D eigenvalue weighted by atomic mass is 16.5. The number of hydrogen-bond acceptors (Lipinski definition) is 5. The fourth-order valence-corrected chi connectivity index (χ4v) is 6.81. The van der Waals surface area contributed by atoms with Gasteiger partial charge in [0.15, 0.2) is 0 Å². The van der Waals surface area contributed by atoms with E-state index in [1.54, 1.807) is 0 Å². The van der Waals surface area contributed by atoms with Crippen LogP contribution in [0.2, 0.25) is 0 Å². The van der Waals surface area contributed by atoms with Crippen LogP contribution in [0.25, 0.3) is 49.9 Å². The summed E-state index contributed by atoms with van der Waals surface area (Å²) in [5.74, 6) is 3.06. The molecule has 0 unspecified atom stereocenters. The van der Waals surface area contributed by atoms with Crippen molar-refractivity contribution in [2.75, 3.05) is 18.6 Å². The van der Waals surface area contributed by atoms with Crippen LogP contribution in [0.3, 0.4) is 0 Å². The van der Waals surface area contributed by atoms with Crippen LogP contribution in [0.5, 0.6) is 23.0 Å². The molecule has 2 aromatic heterocycles. The first-order valence-electron chi connectivity index (χ1n) is 17.0. The van der Waals surface area contributed by atoms with Gasteiger partial charge >= 0.3 is 0 Å². The molecule has 0 radical (unpaired) electrons. The second-order valence-corrected chi connectivity index (χ2v) is 12.7. The summed E-state index contributed by atoms with van der Waals surface area (Å²) in [5.41, 5.74) is 8.25. The van der Waals surface area contributed by atoms with Crippen molar-refractivity contribution in [2.24, 2.45) is 0 Å². The Kier molecular flexibility index (Phi) is 7.67. The van der Waals surface area contributed by atoms with Crippen molar-refractivity contribution in [3.05, 3.63) is 176 Å². The zero-order valence-electron chi connectivity index (χ0n) is 28.1. The van der Waals surface area contributed by atoms with Crippen LogP contribution in [-0.2, 0) is 0 Å². The molecule has 6 heteroatoms. The average molecular weight is 663 g/mol.